The zero-order chi connectivity index (χ0) is 17.1. The number of benzene rings is 2. The molecule has 2 N–H and O–H groups in total. The minimum Gasteiger partial charge on any atom is -0.387 e. The van der Waals surface area contributed by atoms with Crippen LogP contribution in [0.4, 0.5) is 0 Å². The van der Waals surface area contributed by atoms with Gasteiger partial charge in [-0.15, -0.1) is 0 Å². The quantitative estimate of drug-likeness (QED) is 0.872. The fourth-order valence-corrected chi connectivity index (χ4v) is 3.32. The number of carbonyl (C=O) groups is 1. The molecule has 0 aromatic heterocycles. The average molecular weight is 366 g/mol. The van der Waals surface area contributed by atoms with Crippen molar-refractivity contribution in [2.45, 2.75) is 18.6 Å². The van der Waals surface area contributed by atoms with E-state index in [0.29, 0.717) is 22.2 Å². The summed E-state index contributed by atoms with van der Waals surface area (Å²) in [5.74, 6) is -0.272. The molecule has 3 rings (SSSR count). The van der Waals surface area contributed by atoms with E-state index in [4.69, 9.17) is 27.9 Å². The number of hydrogen-bond acceptors (Lipinski definition) is 3. The van der Waals surface area contributed by atoms with Gasteiger partial charge in [0.1, 0.15) is 0 Å². The van der Waals surface area contributed by atoms with Crippen molar-refractivity contribution in [3.8, 4) is 0 Å². The Bertz CT molecular complexity index is 751. The van der Waals surface area contributed by atoms with Crippen LogP contribution in [0.1, 0.15) is 28.9 Å². The summed E-state index contributed by atoms with van der Waals surface area (Å²) in [5, 5.41) is 13.8. The van der Waals surface area contributed by atoms with Crippen LogP contribution in [-0.4, -0.2) is 24.2 Å². The van der Waals surface area contributed by atoms with Gasteiger partial charge in [-0.2, -0.15) is 0 Å². The fourth-order valence-electron chi connectivity index (χ4n) is 2.78. The Kier molecular flexibility index (Phi) is 5.41. The molecular formula is C18H17Cl2NO3. The molecule has 0 spiro atoms. The average Bonchev–Trinajstić information content (AvgIpc) is 2.59. The Labute approximate surface area is 150 Å². The van der Waals surface area contributed by atoms with Crippen LogP contribution in [0.25, 0.3) is 0 Å². The van der Waals surface area contributed by atoms with Crippen LogP contribution >= 0.6 is 23.2 Å². The van der Waals surface area contributed by atoms with Gasteiger partial charge in [-0.25, -0.2) is 0 Å². The summed E-state index contributed by atoms with van der Waals surface area (Å²) in [6, 6.07) is 12.6. The van der Waals surface area contributed by atoms with Crippen molar-refractivity contribution in [3.63, 3.8) is 0 Å². The van der Waals surface area contributed by atoms with E-state index >= 15 is 0 Å². The minimum absolute atomic E-state index is 0.0439. The van der Waals surface area contributed by atoms with Crippen LogP contribution in [0.3, 0.4) is 0 Å². The summed E-state index contributed by atoms with van der Waals surface area (Å²) in [4.78, 5) is 12.4. The van der Waals surface area contributed by atoms with Crippen molar-refractivity contribution >= 4 is 29.1 Å². The van der Waals surface area contributed by atoms with Gasteiger partial charge in [0.05, 0.1) is 12.7 Å². The maximum Gasteiger partial charge on any atom is 0.253 e. The first-order valence-electron chi connectivity index (χ1n) is 7.66. The lowest BCUT2D eigenvalue weighted by atomic mass is 9.97. The first-order valence-corrected chi connectivity index (χ1v) is 8.42. The zero-order valence-electron chi connectivity index (χ0n) is 12.8. The Morgan fingerprint density at radius 1 is 1.29 bits per heavy atom. The summed E-state index contributed by atoms with van der Waals surface area (Å²) in [6.07, 6.45) is -0.774. The second kappa shape index (κ2) is 7.53. The molecule has 0 fully saturated rings. The zero-order valence-corrected chi connectivity index (χ0v) is 14.3. The highest BCUT2D eigenvalue weighted by atomic mass is 35.5. The number of hydrogen-bond donors (Lipinski definition) is 2. The van der Waals surface area contributed by atoms with Gasteiger partial charge < -0.3 is 15.2 Å². The molecule has 2 aromatic carbocycles. The summed E-state index contributed by atoms with van der Waals surface area (Å²) in [5.41, 5.74) is 2.51. The third-order valence-corrected chi connectivity index (χ3v) is 4.59. The van der Waals surface area contributed by atoms with Crippen LogP contribution in [0.15, 0.2) is 42.5 Å². The normalized spacial score (nSPS) is 17.9. The third-order valence-electron chi connectivity index (χ3n) is 4.02. The summed E-state index contributed by atoms with van der Waals surface area (Å²) < 4.78 is 5.61. The maximum atomic E-state index is 12.4. The van der Waals surface area contributed by atoms with Crippen LogP contribution < -0.4 is 5.32 Å². The first-order chi connectivity index (χ1) is 11.6. The van der Waals surface area contributed by atoms with Crippen LogP contribution in [0.5, 0.6) is 0 Å². The number of carbonyl (C=O) groups excluding carboxylic acids is 1. The topological polar surface area (TPSA) is 58.6 Å². The first kappa shape index (κ1) is 17.2. The van der Waals surface area contributed by atoms with E-state index in [0.717, 1.165) is 17.5 Å². The molecule has 4 nitrogen and oxygen atoms in total. The molecule has 6 heteroatoms. The van der Waals surface area contributed by atoms with Crippen molar-refractivity contribution in [1.82, 2.24) is 5.32 Å². The predicted molar refractivity (Wildman–Crippen MR) is 93.3 cm³/mol. The maximum absolute atomic E-state index is 12.4. The van der Waals surface area contributed by atoms with Crippen molar-refractivity contribution in [2.75, 3.05) is 13.2 Å². The summed E-state index contributed by atoms with van der Waals surface area (Å²) in [6.45, 7) is 0.545. The molecule has 0 saturated carbocycles. The Hall–Kier alpha value is -1.59. The number of nitrogens with one attached hydrogen (secondary N) is 1. The van der Waals surface area contributed by atoms with Gasteiger partial charge in [0.25, 0.3) is 5.91 Å². The lowest BCUT2D eigenvalue weighted by Gasteiger charge is -2.25. The molecule has 0 radical (unpaired) electrons. The highest BCUT2D eigenvalue weighted by Crippen LogP contribution is 2.28. The number of amides is 1. The molecule has 0 saturated heterocycles. The SMILES string of the molecule is O=C(NCC(O)c1ccc(Cl)cc1Cl)C1OCCc2ccccc21. The van der Waals surface area contributed by atoms with Gasteiger partial charge in [-0.3, -0.25) is 4.79 Å². The summed E-state index contributed by atoms with van der Waals surface area (Å²) >= 11 is 11.9. The molecule has 1 amide bonds. The molecule has 2 atom stereocenters. The lowest BCUT2D eigenvalue weighted by Crippen LogP contribution is -2.36. The second-order valence-electron chi connectivity index (χ2n) is 5.63. The summed E-state index contributed by atoms with van der Waals surface area (Å²) in [7, 11) is 0. The van der Waals surface area contributed by atoms with Crippen molar-refractivity contribution in [3.05, 3.63) is 69.2 Å². The number of fused-ring (bicyclic) bond motifs is 1. The number of rotatable bonds is 4. The molecule has 1 aliphatic rings. The van der Waals surface area contributed by atoms with E-state index in [1.54, 1.807) is 18.2 Å². The van der Waals surface area contributed by atoms with E-state index in [1.165, 1.54) is 0 Å². The van der Waals surface area contributed by atoms with E-state index in [-0.39, 0.29) is 12.5 Å². The third kappa shape index (κ3) is 3.73. The molecule has 2 unspecified atom stereocenters. The Morgan fingerprint density at radius 3 is 2.88 bits per heavy atom. The van der Waals surface area contributed by atoms with Crippen molar-refractivity contribution in [1.29, 1.82) is 0 Å². The molecule has 126 valence electrons. The predicted octanol–water partition coefficient (Wildman–Crippen LogP) is 3.46. The number of aliphatic hydroxyl groups is 1. The molecule has 1 heterocycles. The molecule has 1 aliphatic heterocycles. The minimum atomic E-state index is -0.919. The largest absolute Gasteiger partial charge is 0.387 e. The number of halogens is 2. The van der Waals surface area contributed by atoms with Gasteiger partial charge >= 0.3 is 0 Å². The monoisotopic (exact) mass is 365 g/mol. The Balaban J connectivity index is 1.66. The van der Waals surface area contributed by atoms with Crippen molar-refractivity contribution < 1.29 is 14.6 Å². The van der Waals surface area contributed by atoms with Gasteiger partial charge in [0.15, 0.2) is 6.10 Å². The van der Waals surface area contributed by atoms with Crippen LogP contribution in [0, 0.1) is 0 Å². The van der Waals surface area contributed by atoms with E-state index in [9.17, 15) is 9.90 Å². The van der Waals surface area contributed by atoms with Gasteiger partial charge in [0, 0.05) is 22.2 Å². The Morgan fingerprint density at radius 2 is 2.08 bits per heavy atom. The smallest absolute Gasteiger partial charge is 0.253 e. The van der Waals surface area contributed by atoms with Crippen LogP contribution in [-0.2, 0) is 16.0 Å². The molecular weight excluding hydrogens is 349 g/mol. The number of aliphatic hydroxyl groups excluding tert-OH is 1. The van der Waals surface area contributed by atoms with Gasteiger partial charge in [-0.05, 0) is 29.7 Å². The highest BCUT2D eigenvalue weighted by Gasteiger charge is 2.27. The van der Waals surface area contributed by atoms with E-state index < -0.39 is 12.2 Å². The molecule has 24 heavy (non-hydrogen) atoms. The van der Waals surface area contributed by atoms with Crippen LogP contribution in [0.2, 0.25) is 10.0 Å². The highest BCUT2D eigenvalue weighted by molar-refractivity contribution is 6.35. The molecule has 0 bridgehead atoms. The van der Waals surface area contributed by atoms with Crippen molar-refractivity contribution in [2.24, 2.45) is 0 Å². The molecule has 0 aliphatic carbocycles. The van der Waals surface area contributed by atoms with E-state index in [1.807, 2.05) is 24.3 Å². The van der Waals surface area contributed by atoms with E-state index in [2.05, 4.69) is 5.32 Å². The molecule has 2 aromatic rings. The standard InChI is InChI=1S/C18H17Cl2NO3/c19-12-5-6-14(15(20)9-12)16(22)10-21-18(23)17-13-4-2-1-3-11(13)7-8-24-17/h1-6,9,16-17,22H,7-8,10H2,(H,21,23). The lowest BCUT2D eigenvalue weighted by molar-refractivity contribution is -0.134. The second-order valence-corrected chi connectivity index (χ2v) is 6.47. The fraction of sp³-hybridized carbons (Fsp3) is 0.278. The van der Waals surface area contributed by atoms with Gasteiger partial charge in [0.2, 0.25) is 0 Å². The number of ether oxygens (including phenoxy) is 1. The van der Waals surface area contributed by atoms with Gasteiger partial charge in [-0.1, -0.05) is 53.5 Å².